The molecule has 0 aliphatic rings. The van der Waals surface area contributed by atoms with Gasteiger partial charge in [-0.1, -0.05) is 36.4 Å². The number of anilines is 2. The van der Waals surface area contributed by atoms with Gasteiger partial charge in [-0.25, -0.2) is 16.8 Å². The Morgan fingerprint density at radius 2 is 1.18 bits per heavy atom. The molecule has 1 heterocycles. The molecular formula is C24H17N5O8S2. The Morgan fingerprint density at radius 3 is 1.72 bits per heavy atom. The number of aromatic amines is 1. The van der Waals surface area contributed by atoms with Gasteiger partial charge in [0, 0.05) is 27.7 Å². The molecule has 15 heteroatoms. The van der Waals surface area contributed by atoms with Gasteiger partial charge in [0.05, 0.1) is 14.7 Å². The standard InChI is InChI=1S/C24H17N5O8S2/c30-28(31)23-21(39(36,37)27-16-9-5-2-6-10-16)14-19-18-13-17(38(34,35)26-15-7-3-1-4-8-15)11-12-20(18)25-22(19)24(23)29(32)33/h1-14,25-27H. The van der Waals surface area contributed by atoms with E-state index in [0.717, 1.165) is 6.07 Å². The molecule has 0 saturated heterocycles. The summed E-state index contributed by atoms with van der Waals surface area (Å²) in [6, 6.07) is 20.3. The third-order valence-corrected chi connectivity index (χ3v) is 8.57. The van der Waals surface area contributed by atoms with Gasteiger partial charge in [-0.2, -0.15) is 0 Å². The van der Waals surface area contributed by atoms with Crippen molar-refractivity contribution >= 4 is 64.6 Å². The van der Waals surface area contributed by atoms with Gasteiger partial charge >= 0.3 is 11.4 Å². The molecule has 1 aromatic heterocycles. The molecule has 0 saturated carbocycles. The zero-order valence-electron chi connectivity index (χ0n) is 19.6. The van der Waals surface area contributed by atoms with Crippen molar-refractivity contribution in [1.82, 2.24) is 4.98 Å². The molecule has 0 aliphatic carbocycles. The molecule has 3 N–H and O–H groups in total. The number of H-pyrrole nitrogens is 1. The number of aromatic nitrogens is 1. The fourth-order valence-corrected chi connectivity index (χ4v) is 6.47. The topological polar surface area (TPSA) is 194 Å². The van der Waals surface area contributed by atoms with Gasteiger partial charge < -0.3 is 4.98 Å². The zero-order chi connectivity index (χ0) is 27.9. The number of nitro benzene ring substituents is 2. The van der Waals surface area contributed by atoms with Gasteiger partial charge in [0.25, 0.3) is 20.0 Å². The van der Waals surface area contributed by atoms with Crippen LogP contribution in [0.5, 0.6) is 0 Å². The van der Waals surface area contributed by atoms with Crippen LogP contribution < -0.4 is 9.44 Å². The van der Waals surface area contributed by atoms with Crippen LogP contribution in [-0.2, 0) is 20.0 Å². The lowest BCUT2D eigenvalue weighted by Crippen LogP contribution is -2.15. The molecule has 0 bridgehead atoms. The van der Waals surface area contributed by atoms with Gasteiger partial charge in [0.2, 0.25) is 0 Å². The maximum Gasteiger partial charge on any atom is 0.371 e. The minimum absolute atomic E-state index is 0.0776. The first kappa shape index (κ1) is 25.6. The summed E-state index contributed by atoms with van der Waals surface area (Å²) in [5.41, 5.74) is -2.07. The smallest absolute Gasteiger partial charge is 0.349 e. The van der Waals surface area contributed by atoms with E-state index in [1.165, 1.54) is 42.5 Å². The minimum Gasteiger partial charge on any atom is -0.349 e. The number of nitrogens with zero attached hydrogens (tertiary/aromatic N) is 2. The van der Waals surface area contributed by atoms with Crippen LogP contribution in [0.2, 0.25) is 0 Å². The Bertz CT molecular complexity index is 1990. The second-order valence-electron chi connectivity index (χ2n) is 8.28. The highest BCUT2D eigenvalue weighted by molar-refractivity contribution is 7.93. The summed E-state index contributed by atoms with van der Waals surface area (Å²) in [4.78, 5) is 23.4. The molecule has 13 nitrogen and oxygen atoms in total. The number of sulfonamides is 2. The molecule has 39 heavy (non-hydrogen) atoms. The SMILES string of the molecule is O=[N+]([O-])c1c(S(=O)(=O)Nc2ccccc2)cc2c([nH]c3ccc(S(=O)(=O)Nc4ccccc4)cc32)c1[N+](=O)[O-]. The fraction of sp³-hybridized carbons (Fsp3) is 0. The number of hydrogen-bond acceptors (Lipinski definition) is 8. The molecule has 5 rings (SSSR count). The highest BCUT2D eigenvalue weighted by Crippen LogP contribution is 2.43. The summed E-state index contributed by atoms with van der Waals surface area (Å²) in [5, 5.41) is 24.0. The first-order valence-electron chi connectivity index (χ1n) is 11.0. The average Bonchev–Trinajstić information content (AvgIpc) is 3.25. The van der Waals surface area contributed by atoms with Crippen LogP contribution in [-0.4, -0.2) is 31.7 Å². The third-order valence-electron chi connectivity index (χ3n) is 5.80. The number of nitro groups is 2. The van der Waals surface area contributed by atoms with E-state index >= 15 is 0 Å². The van der Waals surface area contributed by atoms with E-state index in [1.807, 2.05) is 0 Å². The van der Waals surface area contributed by atoms with E-state index in [-0.39, 0.29) is 32.4 Å². The van der Waals surface area contributed by atoms with E-state index in [0.29, 0.717) is 5.69 Å². The molecule has 0 amide bonds. The van der Waals surface area contributed by atoms with E-state index in [1.54, 1.807) is 36.4 Å². The summed E-state index contributed by atoms with van der Waals surface area (Å²) in [6.45, 7) is 0. The Hall–Kier alpha value is -5.02. The van der Waals surface area contributed by atoms with Crippen molar-refractivity contribution in [2.24, 2.45) is 0 Å². The first-order chi connectivity index (χ1) is 18.5. The van der Waals surface area contributed by atoms with Crippen LogP contribution in [0.25, 0.3) is 21.8 Å². The lowest BCUT2D eigenvalue weighted by molar-refractivity contribution is -0.423. The molecule has 0 atom stereocenters. The normalized spacial score (nSPS) is 11.9. The second-order valence-corrected chi connectivity index (χ2v) is 11.6. The van der Waals surface area contributed by atoms with E-state index < -0.39 is 46.2 Å². The largest absolute Gasteiger partial charge is 0.371 e. The molecule has 0 radical (unpaired) electrons. The molecule has 5 aromatic rings. The Morgan fingerprint density at radius 1 is 0.641 bits per heavy atom. The molecule has 0 aliphatic heterocycles. The van der Waals surface area contributed by atoms with Crippen molar-refractivity contribution in [3.63, 3.8) is 0 Å². The predicted molar refractivity (Wildman–Crippen MR) is 144 cm³/mol. The van der Waals surface area contributed by atoms with Crippen molar-refractivity contribution in [2.75, 3.05) is 9.44 Å². The molecular weight excluding hydrogens is 550 g/mol. The fourth-order valence-electron chi connectivity index (χ4n) is 4.13. The summed E-state index contributed by atoms with van der Waals surface area (Å²) in [6.07, 6.45) is 0. The van der Waals surface area contributed by atoms with Crippen molar-refractivity contribution in [2.45, 2.75) is 9.79 Å². The average molecular weight is 568 g/mol. The molecule has 0 fully saturated rings. The highest BCUT2D eigenvalue weighted by Gasteiger charge is 2.39. The van der Waals surface area contributed by atoms with Crippen LogP contribution >= 0.6 is 0 Å². The zero-order valence-corrected chi connectivity index (χ0v) is 21.2. The van der Waals surface area contributed by atoms with Crippen molar-refractivity contribution in [3.8, 4) is 0 Å². The summed E-state index contributed by atoms with van der Waals surface area (Å²) in [7, 11) is -8.82. The van der Waals surface area contributed by atoms with Crippen LogP contribution in [0.4, 0.5) is 22.7 Å². The number of hydrogen-bond donors (Lipinski definition) is 3. The summed E-state index contributed by atoms with van der Waals surface area (Å²) in [5.74, 6) is 0. The molecule has 198 valence electrons. The van der Waals surface area contributed by atoms with Crippen molar-refractivity contribution in [3.05, 3.63) is 105 Å². The highest BCUT2D eigenvalue weighted by atomic mass is 32.2. The molecule has 4 aromatic carbocycles. The predicted octanol–water partition coefficient (Wildman–Crippen LogP) is 4.74. The second kappa shape index (κ2) is 9.38. The van der Waals surface area contributed by atoms with Gasteiger partial charge in [-0.05, 0) is 48.5 Å². The lowest BCUT2D eigenvalue weighted by Gasteiger charge is -2.10. The number of nitrogens with one attached hydrogen (secondary N) is 3. The number of fused-ring (bicyclic) bond motifs is 3. The van der Waals surface area contributed by atoms with Gasteiger partial charge in [-0.15, -0.1) is 0 Å². The van der Waals surface area contributed by atoms with E-state index in [9.17, 15) is 37.1 Å². The van der Waals surface area contributed by atoms with Crippen LogP contribution in [0.15, 0.2) is 94.7 Å². The van der Waals surface area contributed by atoms with Gasteiger partial charge in [-0.3, -0.25) is 29.7 Å². The number of para-hydroxylation sites is 2. The van der Waals surface area contributed by atoms with E-state index in [4.69, 9.17) is 0 Å². The number of rotatable bonds is 8. The summed E-state index contributed by atoms with van der Waals surface area (Å²) < 4.78 is 57.2. The van der Waals surface area contributed by atoms with Gasteiger partial charge in [0.15, 0.2) is 4.90 Å². The Labute approximate surface area is 220 Å². The van der Waals surface area contributed by atoms with Gasteiger partial charge in [0.1, 0.15) is 5.52 Å². The van der Waals surface area contributed by atoms with E-state index in [2.05, 4.69) is 14.4 Å². The maximum atomic E-state index is 13.3. The quantitative estimate of drug-likeness (QED) is 0.177. The maximum absolute atomic E-state index is 13.3. The molecule has 0 unspecified atom stereocenters. The minimum atomic E-state index is -4.70. The Kier molecular flexibility index (Phi) is 6.16. The number of benzene rings is 4. The molecule has 0 spiro atoms. The Balaban J connectivity index is 1.76. The first-order valence-corrected chi connectivity index (χ1v) is 14.0. The lowest BCUT2D eigenvalue weighted by atomic mass is 10.1. The van der Waals surface area contributed by atoms with Crippen LogP contribution in [0.1, 0.15) is 0 Å². The van der Waals surface area contributed by atoms with Crippen molar-refractivity contribution < 1.29 is 26.7 Å². The van der Waals surface area contributed by atoms with Crippen molar-refractivity contribution in [1.29, 1.82) is 0 Å². The summed E-state index contributed by atoms with van der Waals surface area (Å²) >= 11 is 0. The third kappa shape index (κ3) is 4.71. The van der Waals surface area contributed by atoms with Crippen LogP contribution in [0, 0.1) is 20.2 Å². The van der Waals surface area contributed by atoms with Crippen LogP contribution in [0.3, 0.4) is 0 Å². The monoisotopic (exact) mass is 567 g/mol.